The van der Waals surface area contributed by atoms with Crippen molar-refractivity contribution in [3.05, 3.63) is 48.7 Å². The zero-order valence-electron chi connectivity index (χ0n) is 12.7. The van der Waals surface area contributed by atoms with Crippen LogP contribution in [0.4, 0.5) is 0 Å². The number of imidazole rings is 1. The van der Waals surface area contributed by atoms with Gasteiger partial charge in [-0.05, 0) is 12.1 Å². The molecule has 0 spiro atoms. The van der Waals surface area contributed by atoms with Gasteiger partial charge in [-0.2, -0.15) is 5.10 Å². The third-order valence-electron chi connectivity index (χ3n) is 3.77. The van der Waals surface area contributed by atoms with Gasteiger partial charge in [0.25, 0.3) is 5.91 Å². The standard InChI is InChI=1S/C16H14N6O/c1-17-16(23)13-9-22-14(6-19-15(22)7-18-13)10-3-4-12-11(5-10)8-21(2)20-12/h3-9H,1-2H3,(H,17,23). The van der Waals surface area contributed by atoms with Gasteiger partial charge in [0.1, 0.15) is 5.69 Å². The first-order valence-corrected chi connectivity index (χ1v) is 7.14. The predicted octanol–water partition coefficient (Wildman–Crippen LogP) is 1.64. The fourth-order valence-corrected chi connectivity index (χ4v) is 2.66. The smallest absolute Gasteiger partial charge is 0.271 e. The van der Waals surface area contributed by atoms with Gasteiger partial charge >= 0.3 is 0 Å². The van der Waals surface area contributed by atoms with E-state index in [1.54, 1.807) is 30.3 Å². The van der Waals surface area contributed by atoms with Crippen LogP contribution in [-0.2, 0) is 7.05 Å². The molecule has 114 valence electrons. The number of aryl methyl sites for hydroxylation is 1. The highest BCUT2D eigenvalue weighted by molar-refractivity contribution is 5.92. The van der Waals surface area contributed by atoms with Gasteiger partial charge in [-0.15, -0.1) is 0 Å². The van der Waals surface area contributed by atoms with Gasteiger partial charge in [0.2, 0.25) is 0 Å². The van der Waals surface area contributed by atoms with E-state index in [9.17, 15) is 4.79 Å². The van der Waals surface area contributed by atoms with E-state index < -0.39 is 0 Å². The van der Waals surface area contributed by atoms with Crippen molar-refractivity contribution in [2.24, 2.45) is 7.05 Å². The summed E-state index contributed by atoms with van der Waals surface area (Å²) in [6, 6.07) is 6.04. The minimum absolute atomic E-state index is 0.228. The molecule has 0 saturated carbocycles. The summed E-state index contributed by atoms with van der Waals surface area (Å²) < 4.78 is 3.66. The highest BCUT2D eigenvalue weighted by Crippen LogP contribution is 2.24. The normalized spacial score (nSPS) is 11.2. The van der Waals surface area contributed by atoms with E-state index in [1.807, 2.05) is 29.8 Å². The van der Waals surface area contributed by atoms with Gasteiger partial charge in [0.15, 0.2) is 5.65 Å². The molecule has 4 aromatic rings. The van der Waals surface area contributed by atoms with Crippen LogP contribution in [0.15, 0.2) is 43.0 Å². The summed E-state index contributed by atoms with van der Waals surface area (Å²) in [6.45, 7) is 0. The number of amides is 1. The summed E-state index contributed by atoms with van der Waals surface area (Å²) in [5, 5.41) is 8.01. The molecule has 0 aliphatic carbocycles. The third kappa shape index (κ3) is 2.13. The molecule has 3 heterocycles. The lowest BCUT2D eigenvalue weighted by Gasteiger charge is -2.04. The second-order valence-corrected chi connectivity index (χ2v) is 5.30. The van der Waals surface area contributed by atoms with Crippen LogP contribution in [-0.4, -0.2) is 37.1 Å². The van der Waals surface area contributed by atoms with Crippen molar-refractivity contribution in [3.8, 4) is 11.3 Å². The van der Waals surface area contributed by atoms with E-state index in [1.165, 1.54) is 0 Å². The second-order valence-electron chi connectivity index (χ2n) is 5.30. The number of benzene rings is 1. The Morgan fingerprint density at radius 3 is 2.87 bits per heavy atom. The van der Waals surface area contributed by atoms with Gasteiger partial charge in [0.05, 0.1) is 23.6 Å². The first kappa shape index (κ1) is 13.4. The van der Waals surface area contributed by atoms with Crippen molar-refractivity contribution in [2.45, 2.75) is 0 Å². The molecule has 0 radical (unpaired) electrons. The van der Waals surface area contributed by atoms with Gasteiger partial charge in [-0.1, -0.05) is 6.07 Å². The van der Waals surface area contributed by atoms with Crippen molar-refractivity contribution in [1.29, 1.82) is 0 Å². The number of nitrogens with zero attached hydrogens (tertiary/aromatic N) is 5. The Labute approximate surface area is 131 Å². The molecule has 0 atom stereocenters. The van der Waals surface area contributed by atoms with E-state index in [-0.39, 0.29) is 5.91 Å². The molecule has 0 aliphatic heterocycles. The van der Waals surface area contributed by atoms with Crippen LogP contribution in [0.3, 0.4) is 0 Å². The third-order valence-corrected chi connectivity index (χ3v) is 3.77. The Morgan fingerprint density at radius 2 is 2.04 bits per heavy atom. The average Bonchev–Trinajstić information content (AvgIpc) is 3.14. The average molecular weight is 306 g/mol. The molecule has 1 amide bonds. The van der Waals surface area contributed by atoms with E-state index in [2.05, 4.69) is 26.4 Å². The number of carbonyl (C=O) groups is 1. The highest BCUT2D eigenvalue weighted by atomic mass is 16.1. The quantitative estimate of drug-likeness (QED) is 0.611. The maximum Gasteiger partial charge on any atom is 0.271 e. The monoisotopic (exact) mass is 306 g/mol. The summed E-state index contributed by atoms with van der Waals surface area (Å²) in [4.78, 5) is 20.3. The van der Waals surface area contributed by atoms with Crippen LogP contribution < -0.4 is 5.32 Å². The zero-order chi connectivity index (χ0) is 16.0. The van der Waals surface area contributed by atoms with Crippen LogP contribution in [0.2, 0.25) is 0 Å². The van der Waals surface area contributed by atoms with Gasteiger partial charge in [-0.3, -0.25) is 13.9 Å². The lowest BCUT2D eigenvalue weighted by molar-refractivity contribution is 0.0957. The molecule has 4 rings (SSSR count). The van der Waals surface area contributed by atoms with Crippen LogP contribution >= 0.6 is 0 Å². The van der Waals surface area contributed by atoms with Crippen LogP contribution in [0.25, 0.3) is 27.8 Å². The van der Waals surface area contributed by atoms with E-state index in [4.69, 9.17) is 0 Å². The number of carbonyl (C=O) groups excluding carboxylic acids is 1. The molecule has 3 aromatic heterocycles. The Morgan fingerprint density at radius 1 is 1.17 bits per heavy atom. The van der Waals surface area contributed by atoms with Crippen molar-refractivity contribution >= 4 is 22.5 Å². The van der Waals surface area contributed by atoms with Crippen LogP contribution in [0, 0.1) is 0 Å². The van der Waals surface area contributed by atoms with E-state index in [0.29, 0.717) is 11.3 Å². The fourth-order valence-electron chi connectivity index (χ4n) is 2.66. The highest BCUT2D eigenvalue weighted by Gasteiger charge is 2.11. The van der Waals surface area contributed by atoms with Crippen molar-refractivity contribution in [1.82, 2.24) is 29.5 Å². The summed E-state index contributed by atoms with van der Waals surface area (Å²) in [5.74, 6) is -0.228. The molecule has 7 nitrogen and oxygen atoms in total. The molecular weight excluding hydrogens is 292 g/mol. The minimum atomic E-state index is -0.228. The molecule has 1 aromatic carbocycles. The summed E-state index contributed by atoms with van der Waals surface area (Å²) >= 11 is 0. The summed E-state index contributed by atoms with van der Waals surface area (Å²) in [5.41, 5.74) is 3.89. The van der Waals surface area contributed by atoms with Crippen LogP contribution in [0.5, 0.6) is 0 Å². The van der Waals surface area contributed by atoms with Crippen molar-refractivity contribution in [2.75, 3.05) is 7.05 Å². The Balaban J connectivity index is 1.90. The molecule has 7 heteroatoms. The number of nitrogens with one attached hydrogen (secondary N) is 1. The molecule has 0 bridgehead atoms. The maximum absolute atomic E-state index is 11.8. The van der Waals surface area contributed by atoms with Crippen molar-refractivity contribution < 1.29 is 4.79 Å². The minimum Gasteiger partial charge on any atom is -0.354 e. The number of rotatable bonds is 2. The number of fused-ring (bicyclic) bond motifs is 2. The molecule has 0 unspecified atom stereocenters. The summed E-state index contributed by atoms with van der Waals surface area (Å²) in [6.07, 6.45) is 7.04. The largest absolute Gasteiger partial charge is 0.354 e. The van der Waals surface area contributed by atoms with E-state index in [0.717, 1.165) is 22.2 Å². The first-order valence-electron chi connectivity index (χ1n) is 7.14. The topological polar surface area (TPSA) is 77.1 Å². The lowest BCUT2D eigenvalue weighted by Crippen LogP contribution is -2.19. The lowest BCUT2D eigenvalue weighted by atomic mass is 10.1. The Kier molecular flexibility index (Phi) is 2.87. The number of aromatic nitrogens is 5. The van der Waals surface area contributed by atoms with Gasteiger partial charge in [0, 0.05) is 37.4 Å². The Hall–Kier alpha value is -3.22. The fraction of sp³-hybridized carbons (Fsp3) is 0.125. The number of hydrogen-bond donors (Lipinski definition) is 1. The SMILES string of the molecule is CNC(=O)c1cn2c(-c3ccc4nn(C)cc4c3)cnc2cn1. The second kappa shape index (κ2) is 4.91. The maximum atomic E-state index is 11.8. The predicted molar refractivity (Wildman–Crippen MR) is 86.1 cm³/mol. The molecule has 0 fully saturated rings. The van der Waals surface area contributed by atoms with Crippen molar-refractivity contribution in [3.63, 3.8) is 0 Å². The number of hydrogen-bond acceptors (Lipinski definition) is 4. The molecule has 23 heavy (non-hydrogen) atoms. The molecule has 0 aliphatic rings. The van der Waals surface area contributed by atoms with Gasteiger partial charge in [-0.25, -0.2) is 9.97 Å². The van der Waals surface area contributed by atoms with Gasteiger partial charge < -0.3 is 5.32 Å². The molecular formula is C16H14N6O. The molecule has 1 N–H and O–H groups in total. The first-order chi connectivity index (χ1) is 11.2. The Bertz CT molecular complexity index is 1050. The molecule has 0 saturated heterocycles. The zero-order valence-corrected chi connectivity index (χ0v) is 12.7. The van der Waals surface area contributed by atoms with E-state index >= 15 is 0 Å². The summed E-state index contributed by atoms with van der Waals surface area (Å²) in [7, 11) is 3.48. The van der Waals surface area contributed by atoms with Crippen LogP contribution in [0.1, 0.15) is 10.5 Å².